The number of nitriles is 1. The van der Waals surface area contributed by atoms with E-state index in [1.807, 2.05) is 6.07 Å². The molecular weight excluding hydrogens is 296 g/mol. The number of sulfonamides is 1. The van der Waals surface area contributed by atoms with E-state index in [0.717, 1.165) is 11.3 Å². The van der Waals surface area contributed by atoms with Crippen LogP contribution in [0.25, 0.3) is 0 Å². The number of hydrogen-bond donors (Lipinski definition) is 1. The highest BCUT2D eigenvalue weighted by Gasteiger charge is 2.17. The van der Waals surface area contributed by atoms with Gasteiger partial charge in [-0.15, -0.1) is 10.2 Å². The molecule has 2 aromatic rings. The number of rotatable bonds is 3. The largest absolute Gasteiger partial charge is 0.263 e. The first kappa shape index (κ1) is 12.8. The summed E-state index contributed by atoms with van der Waals surface area (Å²) in [5.41, 5.74) is 1.62. The van der Waals surface area contributed by atoms with Gasteiger partial charge in [-0.1, -0.05) is 22.9 Å². The van der Waals surface area contributed by atoms with E-state index in [0.29, 0.717) is 0 Å². The third kappa shape index (κ3) is 2.59. The number of hydrogen-bond acceptors (Lipinski definition) is 6. The smallest absolute Gasteiger partial charge is 0.253 e. The molecule has 1 aromatic carbocycles. The Labute approximate surface area is 112 Å². The number of nitrogens with zero attached hydrogens (tertiary/aromatic N) is 3. The average molecular weight is 301 g/mol. The second-order valence-corrected chi connectivity index (χ2v) is 6.03. The van der Waals surface area contributed by atoms with E-state index in [2.05, 4.69) is 14.9 Å². The molecule has 0 unspecified atom stereocenters. The highest BCUT2D eigenvalue weighted by Crippen LogP contribution is 2.22. The van der Waals surface area contributed by atoms with Crippen LogP contribution in [0.2, 0.25) is 5.02 Å². The Bertz CT molecular complexity index is 707. The van der Waals surface area contributed by atoms with E-state index < -0.39 is 10.0 Å². The lowest BCUT2D eigenvalue weighted by molar-refractivity contribution is 0.601. The lowest BCUT2D eigenvalue weighted by atomic mass is 10.2. The number of nitrogens with one attached hydrogen (secondary N) is 1. The van der Waals surface area contributed by atoms with E-state index in [1.165, 1.54) is 23.7 Å². The predicted octanol–water partition coefficient (Wildman–Crippen LogP) is 1.86. The summed E-state index contributed by atoms with van der Waals surface area (Å²) in [7, 11) is -3.77. The van der Waals surface area contributed by atoms with E-state index in [9.17, 15) is 8.42 Å². The monoisotopic (exact) mass is 300 g/mol. The quantitative estimate of drug-likeness (QED) is 0.933. The first-order chi connectivity index (χ1) is 8.53. The third-order valence-electron chi connectivity index (χ3n) is 1.95. The first-order valence-corrected chi connectivity index (χ1v) is 7.25. The molecule has 0 fully saturated rings. The predicted molar refractivity (Wildman–Crippen MR) is 66.9 cm³/mol. The van der Waals surface area contributed by atoms with Crippen LogP contribution in [0, 0.1) is 11.3 Å². The van der Waals surface area contributed by atoms with Gasteiger partial charge in [-0.25, -0.2) is 8.42 Å². The Morgan fingerprint density at radius 3 is 2.78 bits per heavy atom. The maximum atomic E-state index is 11.9. The molecule has 1 aromatic heterocycles. The van der Waals surface area contributed by atoms with Crippen molar-refractivity contribution in [2.24, 2.45) is 0 Å². The maximum absolute atomic E-state index is 11.9. The SMILES string of the molecule is N#Cc1ccc(S(=O)(=O)Nc2nncs2)cc1Cl. The maximum Gasteiger partial charge on any atom is 0.263 e. The molecule has 92 valence electrons. The second-order valence-electron chi connectivity index (χ2n) is 3.10. The van der Waals surface area contributed by atoms with Crippen molar-refractivity contribution in [3.8, 4) is 6.07 Å². The van der Waals surface area contributed by atoms with Crippen molar-refractivity contribution in [1.29, 1.82) is 5.26 Å². The Morgan fingerprint density at radius 1 is 1.44 bits per heavy atom. The first-order valence-electron chi connectivity index (χ1n) is 4.51. The molecule has 0 aliphatic carbocycles. The van der Waals surface area contributed by atoms with Crippen LogP contribution in [0.4, 0.5) is 5.13 Å². The fraction of sp³-hybridized carbons (Fsp3) is 0. The molecule has 0 bridgehead atoms. The molecule has 0 amide bonds. The molecule has 18 heavy (non-hydrogen) atoms. The van der Waals surface area contributed by atoms with Crippen LogP contribution in [0.15, 0.2) is 28.6 Å². The van der Waals surface area contributed by atoms with Gasteiger partial charge in [0.25, 0.3) is 10.0 Å². The Hall–Kier alpha value is -1.69. The summed E-state index contributed by atoms with van der Waals surface area (Å²) >= 11 is 6.84. The normalized spacial score (nSPS) is 10.9. The minimum atomic E-state index is -3.77. The third-order valence-corrected chi connectivity index (χ3v) is 4.34. The summed E-state index contributed by atoms with van der Waals surface area (Å²) in [6, 6.07) is 5.71. The lowest BCUT2D eigenvalue weighted by Crippen LogP contribution is -2.12. The highest BCUT2D eigenvalue weighted by atomic mass is 35.5. The number of halogens is 1. The van der Waals surface area contributed by atoms with Gasteiger partial charge in [0.1, 0.15) is 11.6 Å². The van der Waals surface area contributed by atoms with Gasteiger partial charge in [-0.2, -0.15) is 5.26 Å². The summed E-state index contributed by atoms with van der Waals surface area (Å²) < 4.78 is 26.1. The molecular formula is C9H5ClN4O2S2. The zero-order valence-electron chi connectivity index (χ0n) is 8.66. The van der Waals surface area contributed by atoms with Crippen LogP contribution in [-0.2, 0) is 10.0 Å². The molecule has 2 rings (SSSR count). The van der Waals surface area contributed by atoms with Crippen LogP contribution in [0.5, 0.6) is 0 Å². The van der Waals surface area contributed by atoms with Crippen molar-refractivity contribution in [3.63, 3.8) is 0 Å². The second kappa shape index (κ2) is 4.89. The van der Waals surface area contributed by atoms with Crippen molar-refractivity contribution in [3.05, 3.63) is 34.3 Å². The summed E-state index contributed by atoms with van der Waals surface area (Å²) in [6.45, 7) is 0. The highest BCUT2D eigenvalue weighted by molar-refractivity contribution is 7.93. The Kier molecular flexibility index (Phi) is 3.47. The van der Waals surface area contributed by atoms with Gasteiger partial charge in [-0.05, 0) is 18.2 Å². The molecule has 9 heteroatoms. The number of benzene rings is 1. The number of anilines is 1. The molecule has 6 nitrogen and oxygen atoms in total. The lowest BCUT2D eigenvalue weighted by Gasteiger charge is -2.05. The van der Waals surface area contributed by atoms with Crippen molar-refractivity contribution < 1.29 is 8.42 Å². The van der Waals surface area contributed by atoms with Gasteiger partial charge < -0.3 is 0 Å². The Balaban J connectivity index is 2.36. The van der Waals surface area contributed by atoms with E-state index in [1.54, 1.807) is 0 Å². The molecule has 0 aliphatic rings. The molecule has 0 aliphatic heterocycles. The van der Waals surface area contributed by atoms with Gasteiger partial charge in [0, 0.05) is 0 Å². The minimum absolute atomic E-state index is 0.0401. The summed E-state index contributed by atoms with van der Waals surface area (Å²) in [5.74, 6) is 0. The van der Waals surface area contributed by atoms with Crippen molar-refractivity contribution >= 4 is 38.1 Å². The van der Waals surface area contributed by atoms with Crippen molar-refractivity contribution in [2.45, 2.75) is 4.90 Å². The fourth-order valence-corrected chi connectivity index (χ4v) is 3.15. The van der Waals surface area contributed by atoms with Gasteiger partial charge >= 0.3 is 0 Å². The molecule has 1 heterocycles. The molecule has 0 atom stereocenters. The van der Waals surface area contributed by atoms with Crippen LogP contribution in [0.1, 0.15) is 5.56 Å². The number of aromatic nitrogens is 2. The molecule has 0 spiro atoms. The van der Waals surface area contributed by atoms with Gasteiger partial charge in [0.05, 0.1) is 15.5 Å². The van der Waals surface area contributed by atoms with E-state index in [-0.39, 0.29) is 20.6 Å². The average Bonchev–Trinajstić information content (AvgIpc) is 2.81. The van der Waals surface area contributed by atoms with Crippen molar-refractivity contribution in [2.75, 3.05) is 4.72 Å². The van der Waals surface area contributed by atoms with Crippen LogP contribution in [-0.4, -0.2) is 18.6 Å². The van der Waals surface area contributed by atoms with Gasteiger partial charge in [0.15, 0.2) is 0 Å². The van der Waals surface area contributed by atoms with Gasteiger partial charge in [-0.3, -0.25) is 4.72 Å². The molecule has 0 saturated heterocycles. The Morgan fingerprint density at radius 2 is 2.22 bits per heavy atom. The minimum Gasteiger partial charge on any atom is -0.253 e. The van der Waals surface area contributed by atoms with E-state index >= 15 is 0 Å². The topological polar surface area (TPSA) is 95.7 Å². The molecule has 0 saturated carbocycles. The molecule has 0 radical (unpaired) electrons. The van der Waals surface area contributed by atoms with Crippen LogP contribution < -0.4 is 4.72 Å². The van der Waals surface area contributed by atoms with Crippen LogP contribution >= 0.6 is 22.9 Å². The summed E-state index contributed by atoms with van der Waals surface area (Å²) in [6.07, 6.45) is 0. The summed E-state index contributed by atoms with van der Waals surface area (Å²) in [5, 5.41) is 16.0. The standard InChI is InChI=1S/C9H5ClN4O2S2/c10-8-3-7(2-1-6(8)4-11)18(15,16)14-9-13-12-5-17-9/h1-3,5H,(H,13,14). The zero-order chi connectivity index (χ0) is 13.2. The summed E-state index contributed by atoms with van der Waals surface area (Å²) in [4.78, 5) is -0.0401. The van der Waals surface area contributed by atoms with E-state index in [4.69, 9.17) is 16.9 Å². The zero-order valence-corrected chi connectivity index (χ0v) is 11.1. The molecule has 1 N–H and O–H groups in total. The van der Waals surface area contributed by atoms with Gasteiger partial charge in [0.2, 0.25) is 5.13 Å². The van der Waals surface area contributed by atoms with Crippen molar-refractivity contribution in [1.82, 2.24) is 10.2 Å². The fourth-order valence-electron chi connectivity index (χ4n) is 1.15. The van der Waals surface area contributed by atoms with Crippen LogP contribution in [0.3, 0.4) is 0 Å².